The molecular formula is C10H14N2O2S2. The zero-order chi connectivity index (χ0) is 12.3. The Hall–Kier alpha value is -1.14. The maximum atomic E-state index is 11.6. The number of hydrogen-bond donors (Lipinski definition) is 1. The van der Waals surface area contributed by atoms with E-state index in [2.05, 4.69) is 0 Å². The average Bonchev–Trinajstić information content (AvgIpc) is 2.28. The molecule has 0 fully saturated rings. The molecule has 0 aliphatic heterocycles. The Labute approximate surface area is 101 Å². The van der Waals surface area contributed by atoms with Crippen LogP contribution in [0.1, 0.15) is 12.5 Å². The van der Waals surface area contributed by atoms with Gasteiger partial charge in [0.15, 0.2) is 0 Å². The summed E-state index contributed by atoms with van der Waals surface area (Å²) >= 11 is 4.84. The Kier molecular flexibility index (Phi) is 3.88. The molecule has 0 saturated heterocycles. The standard InChI is InChI=1S/C10H14N2O2S2/c1-3-16(13,14)12(2)9-6-4-5-8(7-9)10(11)15/h4-7H,3H2,1-2H3,(H2,11,15). The summed E-state index contributed by atoms with van der Waals surface area (Å²) in [6, 6.07) is 6.84. The largest absolute Gasteiger partial charge is 0.389 e. The lowest BCUT2D eigenvalue weighted by Gasteiger charge is -2.18. The van der Waals surface area contributed by atoms with Gasteiger partial charge in [-0.25, -0.2) is 8.42 Å². The van der Waals surface area contributed by atoms with Crippen LogP contribution in [0.15, 0.2) is 24.3 Å². The average molecular weight is 258 g/mol. The second kappa shape index (κ2) is 4.80. The molecule has 0 spiro atoms. The molecule has 0 aromatic heterocycles. The van der Waals surface area contributed by atoms with E-state index < -0.39 is 10.0 Å². The minimum atomic E-state index is -3.24. The van der Waals surface area contributed by atoms with Crippen molar-refractivity contribution in [2.45, 2.75) is 6.92 Å². The molecule has 0 unspecified atom stereocenters. The fraction of sp³-hybridized carbons (Fsp3) is 0.300. The molecule has 2 N–H and O–H groups in total. The van der Waals surface area contributed by atoms with Gasteiger partial charge < -0.3 is 5.73 Å². The molecule has 0 radical (unpaired) electrons. The first-order chi connectivity index (χ1) is 7.38. The molecule has 6 heteroatoms. The third kappa shape index (κ3) is 2.70. The van der Waals surface area contributed by atoms with E-state index in [0.717, 1.165) is 0 Å². The SMILES string of the molecule is CCS(=O)(=O)N(C)c1cccc(C(N)=S)c1. The normalized spacial score (nSPS) is 11.1. The summed E-state index contributed by atoms with van der Waals surface area (Å²) in [6.45, 7) is 1.60. The van der Waals surface area contributed by atoms with Crippen LogP contribution in [0.5, 0.6) is 0 Å². The first-order valence-corrected chi connectivity index (χ1v) is 6.76. The van der Waals surface area contributed by atoms with Crippen molar-refractivity contribution in [3.05, 3.63) is 29.8 Å². The first-order valence-electron chi connectivity index (χ1n) is 4.75. The molecule has 88 valence electrons. The molecule has 0 heterocycles. The van der Waals surface area contributed by atoms with Crippen molar-refractivity contribution >= 4 is 32.9 Å². The van der Waals surface area contributed by atoms with Crippen molar-refractivity contribution in [2.24, 2.45) is 5.73 Å². The van der Waals surface area contributed by atoms with E-state index in [-0.39, 0.29) is 10.7 Å². The number of benzene rings is 1. The third-order valence-electron chi connectivity index (χ3n) is 2.28. The van der Waals surface area contributed by atoms with Gasteiger partial charge in [-0.15, -0.1) is 0 Å². The molecule has 1 rings (SSSR count). The van der Waals surface area contributed by atoms with Gasteiger partial charge in [-0.3, -0.25) is 4.31 Å². The highest BCUT2D eigenvalue weighted by Crippen LogP contribution is 2.17. The van der Waals surface area contributed by atoms with Crippen LogP contribution in [0, 0.1) is 0 Å². The molecule has 0 aliphatic carbocycles. The fourth-order valence-electron chi connectivity index (χ4n) is 1.21. The second-order valence-corrected chi connectivity index (χ2v) is 6.01. The Balaban J connectivity index is 3.15. The summed E-state index contributed by atoms with van der Waals surface area (Å²) in [7, 11) is -1.73. The van der Waals surface area contributed by atoms with Gasteiger partial charge in [0, 0.05) is 12.6 Å². The van der Waals surface area contributed by atoms with Crippen LogP contribution in [0.4, 0.5) is 5.69 Å². The number of nitrogens with zero attached hydrogens (tertiary/aromatic N) is 1. The molecule has 0 saturated carbocycles. The van der Waals surface area contributed by atoms with Crippen molar-refractivity contribution in [3.8, 4) is 0 Å². The molecule has 0 atom stereocenters. The second-order valence-electron chi connectivity index (χ2n) is 3.28. The van der Waals surface area contributed by atoms with Crippen LogP contribution < -0.4 is 10.0 Å². The van der Waals surface area contributed by atoms with E-state index in [1.54, 1.807) is 31.2 Å². The van der Waals surface area contributed by atoms with Gasteiger partial charge in [0.25, 0.3) is 0 Å². The van der Waals surface area contributed by atoms with E-state index in [1.165, 1.54) is 11.4 Å². The Morgan fingerprint density at radius 1 is 1.50 bits per heavy atom. The maximum Gasteiger partial charge on any atom is 0.234 e. The Morgan fingerprint density at radius 2 is 2.12 bits per heavy atom. The molecule has 0 aliphatic rings. The van der Waals surface area contributed by atoms with Gasteiger partial charge in [0.1, 0.15) is 4.99 Å². The predicted octanol–water partition coefficient (Wildman–Crippen LogP) is 1.11. The van der Waals surface area contributed by atoms with Crippen molar-refractivity contribution in [1.29, 1.82) is 0 Å². The topological polar surface area (TPSA) is 63.4 Å². The number of thiocarbonyl (C=S) groups is 1. The number of sulfonamides is 1. The Bertz CT molecular complexity index is 497. The molecular weight excluding hydrogens is 244 g/mol. The number of rotatable bonds is 4. The summed E-state index contributed by atoms with van der Waals surface area (Å²) in [5.74, 6) is 0.0563. The first kappa shape index (κ1) is 12.9. The highest BCUT2D eigenvalue weighted by molar-refractivity contribution is 7.92. The van der Waals surface area contributed by atoms with E-state index in [4.69, 9.17) is 18.0 Å². The van der Waals surface area contributed by atoms with Gasteiger partial charge in [-0.05, 0) is 19.1 Å². The lowest BCUT2D eigenvalue weighted by Crippen LogP contribution is -2.28. The smallest absolute Gasteiger partial charge is 0.234 e. The van der Waals surface area contributed by atoms with Gasteiger partial charge in [0.05, 0.1) is 11.4 Å². The summed E-state index contributed by atoms with van der Waals surface area (Å²) in [5, 5.41) is 0. The molecule has 4 nitrogen and oxygen atoms in total. The van der Waals surface area contributed by atoms with Crippen LogP contribution >= 0.6 is 12.2 Å². The highest BCUT2D eigenvalue weighted by Gasteiger charge is 2.15. The van der Waals surface area contributed by atoms with E-state index in [9.17, 15) is 8.42 Å². The molecule has 16 heavy (non-hydrogen) atoms. The number of nitrogens with two attached hydrogens (primary N) is 1. The van der Waals surface area contributed by atoms with Crippen LogP contribution in [0.2, 0.25) is 0 Å². The van der Waals surface area contributed by atoms with E-state index >= 15 is 0 Å². The quantitative estimate of drug-likeness (QED) is 0.822. The monoisotopic (exact) mass is 258 g/mol. The van der Waals surface area contributed by atoms with Crippen molar-refractivity contribution in [1.82, 2.24) is 0 Å². The van der Waals surface area contributed by atoms with Gasteiger partial charge in [-0.1, -0.05) is 24.4 Å². The van der Waals surface area contributed by atoms with Crippen LogP contribution in [0.3, 0.4) is 0 Å². The summed E-state index contributed by atoms with van der Waals surface area (Å²) < 4.78 is 24.5. The fourth-order valence-corrected chi connectivity index (χ4v) is 2.16. The zero-order valence-electron chi connectivity index (χ0n) is 9.17. The minimum absolute atomic E-state index is 0.0563. The van der Waals surface area contributed by atoms with Gasteiger partial charge >= 0.3 is 0 Å². The minimum Gasteiger partial charge on any atom is -0.389 e. The van der Waals surface area contributed by atoms with Crippen LogP contribution in [-0.2, 0) is 10.0 Å². The maximum absolute atomic E-state index is 11.6. The van der Waals surface area contributed by atoms with Crippen molar-refractivity contribution in [3.63, 3.8) is 0 Å². The number of anilines is 1. The summed E-state index contributed by atoms with van der Waals surface area (Å²) in [4.78, 5) is 0.254. The van der Waals surface area contributed by atoms with E-state index in [1.807, 2.05) is 0 Å². The predicted molar refractivity (Wildman–Crippen MR) is 70.2 cm³/mol. The van der Waals surface area contributed by atoms with Crippen LogP contribution in [0.25, 0.3) is 0 Å². The molecule has 0 bridgehead atoms. The molecule has 1 aromatic carbocycles. The third-order valence-corrected chi connectivity index (χ3v) is 4.29. The van der Waals surface area contributed by atoms with Crippen molar-refractivity contribution in [2.75, 3.05) is 17.1 Å². The molecule has 1 aromatic rings. The lowest BCUT2D eigenvalue weighted by atomic mass is 10.2. The zero-order valence-corrected chi connectivity index (χ0v) is 10.8. The lowest BCUT2D eigenvalue weighted by molar-refractivity contribution is 0.595. The summed E-state index contributed by atoms with van der Waals surface area (Å²) in [6.07, 6.45) is 0. The van der Waals surface area contributed by atoms with Gasteiger partial charge in [0.2, 0.25) is 10.0 Å². The molecule has 0 amide bonds. The van der Waals surface area contributed by atoms with E-state index in [0.29, 0.717) is 11.3 Å². The van der Waals surface area contributed by atoms with Crippen molar-refractivity contribution < 1.29 is 8.42 Å². The Morgan fingerprint density at radius 3 is 2.62 bits per heavy atom. The summed E-state index contributed by atoms with van der Waals surface area (Å²) in [5.41, 5.74) is 6.71. The number of hydrogen-bond acceptors (Lipinski definition) is 3. The van der Waals surface area contributed by atoms with Gasteiger partial charge in [-0.2, -0.15) is 0 Å². The highest BCUT2D eigenvalue weighted by atomic mass is 32.2. The van der Waals surface area contributed by atoms with Crippen LogP contribution in [-0.4, -0.2) is 26.2 Å².